The zero-order chi connectivity index (χ0) is 30.9. The molecule has 2 fully saturated rings. The lowest BCUT2D eigenvalue weighted by molar-refractivity contribution is -0.151. The number of pyridine rings is 1. The number of hydrogen-bond acceptors (Lipinski definition) is 10. The number of nitrogens with two attached hydrogens (primary N) is 1. The molecule has 3 N–H and O–H groups in total. The van der Waals surface area contributed by atoms with Crippen LogP contribution >= 0.6 is 0 Å². The van der Waals surface area contributed by atoms with Crippen LogP contribution in [0.15, 0.2) is 55.1 Å². The molecule has 12 heteroatoms. The molecule has 0 unspecified atom stereocenters. The summed E-state index contributed by atoms with van der Waals surface area (Å²) in [6.07, 6.45) is 2.02. The number of rotatable bonds is 14. The molecule has 0 bridgehead atoms. The van der Waals surface area contributed by atoms with E-state index in [2.05, 4.69) is 28.3 Å². The third kappa shape index (κ3) is 8.38. The fourth-order valence-corrected chi connectivity index (χ4v) is 5.50. The summed E-state index contributed by atoms with van der Waals surface area (Å²) in [6.45, 7) is 12.2. The number of hydrazine groups is 1. The van der Waals surface area contributed by atoms with E-state index in [4.69, 9.17) is 10.8 Å². The van der Waals surface area contributed by atoms with E-state index in [9.17, 15) is 19.5 Å². The fourth-order valence-electron chi connectivity index (χ4n) is 5.50. The number of piperazine rings is 1. The van der Waals surface area contributed by atoms with E-state index >= 15 is 0 Å². The number of aromatic nitrogens is 1. The van der Waals surface area contributed by atoms with Crippen molar-refractivity contribution in [3.63, 3.8) is 0 Å². The lowest BCUT2D eigenvalue weighted by atomic mass is 10.0. The van der Waals surface area contributed by atoms with Crippen LogP contribution < -0.4 is 10.7 Å². The second-order valence-corrected chi connectivity index (χ2v) is 11.2. The molecular weight excluding hydrogens is 548 g/mol. The van der Waals surface area contributed by atoms with Crippen LogP contribution in [0.3, 0.4) is 0 Å². The van der Waals surface area contributed by atoms with E-state index in [0.717, 1.165) is 55.7 Å². The lowest BCUT2D eigenvalue weighted by Crippen LogP contribution is -2.63. The number of imide groups is 1. The van der Waals surface area contributed by atoms with Gasteiger partial charge in [0.25, 0.3) is 0 Å². The van der Waals surface area contributed by atoms with Gasteiger partial charge in [-0.1, -0.05) is 24.3 Å². The third-order valence-corrected chi connectivity index (χ3v) is 8.17. The normalized spacial score (nSPS) is 16.9. The third-order valence-electron chi connectivity index (χ3n) is 8.17. The summed E-state index contributed by atoms with van der Waals surface area (Å²) in [6, 6.07) is 11.6. The summed E-state index contributed by atoms with van der Waals surface area (Å²) in [5.74, 6) is 5.86. The number of nitrogens with zero attached hydrogens (tertiary/aromatic N) is 7. The van der Waals surface area contributed by atoms with Gasteiger partial charge in [0.1, 0.15) is 17.6 Å². The number of anilines is 1. The van der Waals surface area contributed by atoms with Crippen molar-refractivity contribution in [1.29, 1.82) is 0 Å². The second-order valence-electron chi connectivity index (χ2n) is 11.2. The molecule has 43 heavy (non-hydrogen) atoms. The molecule has 0 aliphatic carbocycles. The standard InChI is InChI=1S/C31H44N8O4/c1-4-13-38(32)22-30(42)39(23-40)28(18-24-9-11-27(41)12-10-24)31(43)35(5-2)19-25-7-6-8-29(33-25)37-20-26(21-37)36-16-14-34(3)15-17-36/h4,6-12,23,26,28,41H,1,5,13-22,32H2,2-3H3/t28-/m0/s1. The lowest BCUT2D eigenvalue weighted by Gasteiger charge is -2.48. The molecule has 2 aliphatic rings. The summed E-state index contributed by atoms with van der Waals surface area (Å²) >= 11 is 0. The van der Waals surface area contributed by atoms with Crippen LogP contribution in [0.4, 0.5) is 5.82 Å². The Bertz CT molecular complexity index is 1240. The number of likely N-dealkylation sites (N-methyl/N-ethyl adjacent to an activating group) is 2. The first-order valence-corrected chi connectivity index (χ1v) is 14.8. The highest BCUT2D eigenvalue weighted by molar-refractivity contribution is 5.95. The number of carbonyl (C=O) groups excluding carboxylic acids is 3. The van der Waals surface area contributed by atoms with E-state index in [-0.39, 0.29) is 37.7 Å². The van der Waals surface area contributed by atoms with Crippen LogP contribution in [0.25, 0.3) is 0 Å². The molecule has 1 aromatic heterocycles. The Kier molecular flexibility index (Phi) is 11.2. The van der Waals surface area contributed by atoms with Gasteiger partial charge in [-0.25, -0.2) is 9.99 Å². The maximum absolute atomic E-state index is 14.0. The predicted octanol–water partition coefficient (Wildman–Crippen LogP) is 0.530. The molecule has 2 saturated heterocycles. The van der Waals surface area contributed by atoms with Crippen LogP contribution in [-0.2, 0) is 27.3 Å². The quantitative estimate of drug-likeness (QED) is 0.139. The molecule has 0 spiro atoms. The highest BCUT2D eigenvalue weighted by Crippen LogP contribution is 2.24. The molecule has 12 nitrogen and oxygen atoms in total. The molecule has 2 aliphatic heterocycles. The molecule has 1 atom stereocenters. The number of amides is 3. The average molecular weight is 593 g/mol. The maximum atomic E-state index is 14.0. The van der Waals surface area contributed by atoms with Crippen molar-refractivity contribution in [2.45, 2.75) is 32.0 Å². The number of carbonyl (C=O) groups is 3. The molecule has 3 amide bonds. The Morgan fingerprint density at radius 2 is 1.84 bits per heavy atom. The van der Waals surface area contributed by atoms with Crippen LogP contribution in [0, 0.1) is 0 Å². The first-order chi connectivity index (χ1) is 20.7. The van der Waals surface area contributed by atoms with Gasteiger partial charge in [0, 0.05) is 64.8 Å². The van der Waals surface area contributed by atoms with Gasteiger partial charge in [0.2, 0.25) is 18.2 Å². The first-order valence-electron chi connectivity index (χ1n) is 14.8. The minimum absolute atomic E-state index is 0.0799. The summed E-state index contributed by atoms with van der Waals surface area (Å²) in [4.78, 5) is 54.0. The van der Waals surface area contributed by atoms with Gasteiger partial charge >= 0.3 is 0 Å². The fraction of sp³-hybridized carbons (Fsp3) is 0.484. The number of benzene rings is 1. The Balaban J connectivity index is 1.47. The maximum Gasteiger partial charge on any atom is 0.246 e. The molecular formula is C31H44N8O4. The molecule has 4 rings (SSSR count). The van der Waals surface area contributed by atoms with Crippen LogP contribution in [0.1, 0.15) is 18.2 Å². The zero-order valence-electron chi connectivity index (χ0n) is 25.2. The van der Waals surface area contributed by atoms with Crippen LogP contribution in [-0.4, -0.2) is 131 Å². The van der Waals surface area contributed by atoms with Crippen molar-refractivity contribution in [2.75, 3.05) is 70.9 Å². The van der Waals surface area contributed by atoms with Gasteiger partial charge in [0.05, 0.1) is 18.8 Å². The summed E-state index contributed by atoms with van der Waals surface area (Å²) in [5.41, 5.74) is 1.41. The van der Waals surface area contributed by atoms with E-state index in [1.807, 2.05) is 25.1 Å². The molecule has 232 valence electrons. The van der Waals surface area contributed by atoms with Gasteiger partial charge in [-0.2, -0.15) is 0 Å². The van der Waals surface area contributed by atoms with Gasteiger partial charge in [-0.3, -0.25) is 30.0 Å². The number of phenolic OH excluding ortho intramolecular Hbond substituents is 1. The van der Waals surface area contributed by atoms with Crippen LogP contribution in [0.2, 0.25) is 0 Å². The minimum Gasteiger partial charge on any atom is -0.508 e. The first kappa shape index (κ1) is 32.1. The van der Waals surface area contributed by atoms with Crippen LogP contribution in [0.5, 0.6) is 5.75 Å². The molecule has 1 aromatic carbocycles. The zero-order valence-corrected chi connectivity index (χ0v) is 25.2. The van der Waals surface area contributed by atoms with E-state index in [0.29, 0.717) is 24.6 Å². The van der Waals surface area contributed by atoms with Gasteiger partial charge in [-0.05, 0) is 43.8 Å². The Morgan fingerprint density at radius 1 is 1.14 bits per heavy atom. The summed E-state index contributed by atoms with van der Waals surface area (Å²) < 4.78 is 0. The van der Waals surface area contributed by atoms with Crippen molar-refractivity contribution in [3.05, 3.63) is 66.4 Å². The van der Waals surface area contributed by atoms with E-state index in [1.54, 1.807) is 23.1 Å². The van der Waals surface area contributed by atoms with Gasteiger partial charge in [0.15, 0.2) is 0 Å². The van der Waals surface area contributed by atoms with E-state index < -0.39 is 11.9 Å². The molecule has 0 radical (unpaired) electrons. The largest absolute Gasteiger partial charge is 0.508 e. The summed E-state index contributed by atoms with van der Waals surface area (Å²) in [7, 11) is 2.16. The average Bonchev–Trinajstić information content (AvgIpc) is 2.97. The van der Waals surface area contributed by atoms with Crippen molar-refractivity contribution in [1.82, 2.24) is 29.6 Å². The van der Waals surface area contributed by atoms with Gasteiger partial charge in [-0.15, -0.1) is 6.58 Å². The van der Waals surface area contributed by atoms with Crippen molar-refractivity contribution >= 4 is 24.0 Å². The minimum atomic E-state index is -1.10. The molecule has 0 saturated carbocycles. The summed E-state index contributed by atoms with van der Waals surface area (Å²) in [5, 5.41) is 10.9. The Morgan fingerprint density at radius 3 is 2.47 bits per heavy atom. The smallest absolute Gasteiger partial charge is 0.246 e. The number of phenols is 1. The molecule has 3 heterocycles. The van der Waals surface area contributed by atoms with E-state index in [1.165, 1.54) is 17.1 Å². The van der Waals surface area contributed by atoms with Crippen molar-refractivity contribution < 1.29 is 19.5 Å². The Labute approximate surface area is 253 Å². The monoisotopic (exact) mass is 592 g/mol. The van der Waals surface area contributed by atoms with Crippen molar-refractivity contribution in [2.24, 2.45) is 5.84 Å². The van der Waals surface area contributed by atoms with Crippen molar-refractivity contribution in [3.8, 4) is 5.75 Å². The predicted molar refractivity (Wildman–Crippen MR) is 165 cm³/mol. The SMILES string of the molecule is C=CCN(N)CC(=O)N(C=O)[C@@H](Cc1ccc(O)cc1)C(=O)N(CC)Cc1cccc(N2CC(N3CCN(C)CC3)C2)n1. The van der Waals surface area contributed by atoms with Gasteiger partial charge < -0.3 is 19.8 Å². The highest BCUT2D eigenvalue weighted by atomic mass is 16.3. The Hall–Kier alpha value is -3.84. The highest BCUT2D eigenvalue weighted by Gasteiger charge is 2.35. The second kappa shape index (κ2) is 15.1. The topological polar surface area (TPSA) is 130 Å². The number of aromatic hydroxyl groups is 1. The molecule has 2 aromatic rings. The number of hydrogen-bond donors (Lipinski definition) is 2.